The SMILES string of the molecule is CN(C(=O)COc1ccc(C#N)cc1)C1CCCc2ccccc21. The number of hydrogen-bond donors (Lipinski definition) is 0. The summed E-state index contributed by atoms with van der Waals surface area (Å²) in [6.45, 7) is 0.00106. The molecule has 0 aromatic heterocycles. The molecule has 4 nitrogen and oxygen atoms in total. The number of nitriles is 1. The highest BCUT2D eigenvalue weighted by atomic mass is 16.5. The molecule has 1 unspecified atom stereocenters. The lowest BCUT2D eigenvalue weighted by atomic mass is 9.87. The Hall–Kier alpha value is -2.80. The summed E-state index contributed by atoms with van der Waals surface area (Å²) in [5, 5.41) is 8.79. The van der Waals surface area contributed by atoms with Crippen molar-refractivity contribution in [3.8, 4) is 11.8 Å². The molecule has 0 fully saturated rings. The van der Waals surface area contributed by atoms with Gasteiger partial charge in [-0.05, 0) is 54.7 Å². The van der Waals surface area contributed by atoms with E-state index in [0.717, 1.165) is 19.3 Å². The van der Waals surface area contributed by atoms with Gasteiger partial charge in [-0.2, -0.15) is 5.26 Å². The Morgan fingerprint density at radius 2 is 2.00 bits per heavy atom. The molecule has 0 N–H and O–H groups in total. The maximum Gasteiger partial charge on any atom is 0.260 e. The minimum Gasteiger partial charge on any atom is -0.484 e. The molecular weight excluding hydrogens is 300 g/mol. The number of carbonyl (C=O) groups excluding carboxylic acids is 1. The summed E-state index contributed by atoms with van der Waals surface area (Å²) in [7, 11) is 1.84. The average Bonchev–Trinajstić information content (AvgIpc) is 2.65. The van der Waals surface area contributed by atoms with Gasteiger partial charge in [0, 0.05) is 7.05 Å². The predicted octanol–water partition coefficient (Wildman–Crippen LogP) is 3.47. The summed E-state index contributed by atoms with van der Waals surface area (Å²) in [4.78, 5) is 14.3. The average molecular weight is 320 g/mol. The number of carbonyl (C=O) groups is 1. The van der Waals surface area contributed by atoms with Crippen molar-refractivity contribution >= 4 is 5.91 Å². The number of amides is 1. The molecule has 3 rings (SSSR count). The number of aryl methyl sites for hydroxylation is 1. The summed E-state index contributed by atoms with van der Waals surface area (Å²) in [5.41, 5.74) is 3.16. The Kier molecular flexibility index (Phi) is 4.81. The van der Waals surface area contributed by atoms with E-state index in [1.165, 1.54) is 11.1 Å². The van der Waals surface area contributed by atoms with Crippen LogP contribution in [0.5, 0.6) is 5.75 Å². The van der Waals surface area contributed by atoms with E-state index in [1.54, 1.807) is 29.2 Å². The van der Waals surface area contributed by atoms with Crippen LogP contribution in [0, 0.1) is 11.3 Å². The van der Waals surface area contributed by atoms with Crippen LogP contribution in [0.3, 0.4) is 0 Å². The molecule has 2 aromatic rings. The van der Waals surface area contributed by atoms with Gasteiger partial charge in [-0.25, -0.2) is 0 Å². The zero-order chi connectivity index (χ0) is 16.9. The van der Waals surface area contributed by atoms with E-state index >= 15 is 0 Å². The second-order valence-corrected chi connectivity index (χ2v) is 6.04. The van der Waals surface area contributed by atoms with Crippen LogP contribution in [-0.4, -0.2) is 24.5 Å². The monoisotopic (exact) mass is 320 g/mol. The summed E-state index contributed by atoms with van der Waals surface area (Å²) >= 11 is 0. The molecule has 0 spiro atoms. The maximum absolute atomic E-state index is 12.5. The fourth-order valence-electron chi connectivity index (χ4n) is 3.18. The Balaban J connectivity index is 1.64. The molecule has 0 heterocycles. The highest BCUT2D eigenvalue weighted by Crippen LogP contribution is 2.33. The largest absolute Gasteiger partial charge is 0.484 e. The Labute approximate surface area is 142 Å². The molecule has 0 bridgehead atoms. The first kappa shape index (κ1) is 16.1. The number of ether oxygens (including phenoxy) is 1. The van der Waals surface area contributed by atoms with E-state index in [4.69, 9.17) is 10.00 Å². The Bertz CT molecular complexity index is 762. The quantitative estimate of drug-likeness (QED) is 0.866. The van der Waals surface area contributed by atoms with E-state index in [9.17, 15) is 4.79 Å². The van der Waals surface area contributed by atoms with Gasteiger partial charge in [-0.3, -0.25) is 4.79 Å². The van der Waals surface area contributed by atoms with E-state index in [-0.39, 0.29) is 18.6 Å². The van der Waals surface area contributed by atoms with E-state index in [1.807, 2.05) is 13.1 Å². The van der Waals surface area contributed by atoms with Crippen molar-refractivity contribution in [1.29, 1.82) is 5.26 Å². The molecule has 2 aromatic carbocycles. The zero-order valence-electron chi connectivity index (χ0n) is 13.7. The van der Waals surface area contributed by atoms with Crippen molar-refractivity contribution in [2.75, 3.05) is 13.7 Å². The van der Waals surface area contributed by atoms with Gasteiger partial charge in [0.15, 0.2) is 6.61 Å². The Morgan fingerprint density at radius 1 is 1.25 bits per heavy atom. The first-order valence-corrected chi connectivity index (χ1v) is 8.15. The van der Waals surface area contributed by atoms with Gasteiger partial charge >= 0.3 is 0 Å². The second-order valence-electron chi connectivity index (χ2n) is 6.04. The van der Waals surface area contributed by atoms with Crippen molar-refractivity contribution in [1.82, 2.24) is 4.90 Å². The second kappa shape index (κ2) is 7.18. The van der Waals surface area contributed by atoms with Crippen LogP contribution in [0.1, 0.15) is 35.6 Å². The minimum absolute atomic E-state index is 0.00106. The van der Waals surface area contributed by atoms with Gasteiger partial charge in [0.1, 0.15) is 5.75 Å². The summed E-state index contributed by atoms with van der Waals surface area (Å²) < 4.78 is 5.57. The van der Waals surface area contributed by atoms with Crippen molar-refractivity contribution in [3.63, 3.8) is 0 Å². The van der Waals surface area contributed by atoms with E-state index in [0.29, 0.717) is 11.3 Å². The lowest BCUT2D eigenvalue weighted by Gasteiger charge is -2.33. The van der Waals surface area contributed by atoms with Gasteiger partial charge in [0.2, 0.25) is 0 Å². The number of likely N-dealkylation sites (N-methyl/N-ethyl adjacent to an activating group) is 1. The van der Waals surface area contributed by atoms with Crippen molar-refractivity contribution < 1.29 is 9.53 Å². The van der Waals surface area contributed by atoms with Gasteiger partial charge < -0.3 is 9.64 Å². The van der Waals surface area contributed by atoms with Gasteiger partial charge in [0.25, 0.3) is 5.91 Å². The molecule has 4 heteroatoms. The predicted molar refractivity (Wildman–Crippen MR) is 91.5 cm³/mol. The topological polar surface area (TPSA) is 53.3 Å². The van der Waals surface area contributed by atoms with Crippen LogP contribution in [0.25, 0.3) is 0 Å². The molecule has 1 aliphatic carbocycles. The highest BCUT2D eigenvalue weighted by molar-refractivity contribution is 5.78. The van der Waals surface area contributed by atoms with Crippen molar-refractivity contribution in [2.24, 2.45) is 0 Å². The van der Waals surface area contributed by atoms with Crippen LogP contribution < -0.4 is 4.74 Å². The molecule has 1 amide bonds. The van der Waals surface area contributed by atoms with Gasteiger partial charge in [-0.1, -0.05) is 24.3 Å². The lowest BCUT2D eigenvalue weighted by Crippen LogP contribution is -2.36. The standard InChI is InChI=1S/C20H20N2O2/c1-22(19-8-4-6-16-5-2-3-7-18(16)19)20(23)14-24-17-11-9-15(13-21)10-12-17/h2-3,5,7,9-12,19H,4,6,8,14H2,1H3. The number of benzene rings is 2. The molecule has 0 radical (unpaired) electrons. The third-order valence-corrected chi connectivity index (χ3v) is 4.54. The van der Waals surface area contributed by atoms with Crippen LogP contribution in [0.2, 0.25) is 0 Å². The number of nitrogens with zero attached hydrogens (tertiary/aromatic N) is 2. The molecule has 0 aliphatic heterocycles. The first-order chi connectivity index (χ1) is 11.7. The number of hydrogen-bond acceptors (Lipinski definition) is 3. The van der Waals surface area contributed by atoms with Crippen LogP contribution in [0.4, 0.5) is 0 Å². The fourth-order valence-corrected chi connectivity index (χ4v) is 3.18. The van der Waals surface area contributed by atoms with Gasteiger partial charge in [-0.15, -0.1) is 0 Å². The van der Waals surface area contributed by atoms with Crippen LogP contribution in [0.15, 0.2) is 48.5 Å². The minimum atomic E-state index is -0.0407. The molecule has 0 saturated heterocycles. The normalized spacial score (nSPS) is 15.9. The molecule has 1 atom stereocenters. The lowest BCUT2D eigenvalue weighted by molar-refractivity contribution is -0.134. The maximum atomic E-state index is 12.5. The summed E-state index contributed by atoms with van der Waals surface area (Å²) in [5.74, 6) is 0.556. The third-order valence-electron chi connectivity index (χ3n) is 4.54. The van der Waals surface area contributed by atoms with Crippen molar-refractivity contribution in [2.45, 2.75) is 25.3 Å². The van der Waals surface area contributed by atoms with Gasteiger partial charge in [0.05, 0.1) is 17.7 Å². The van der Waals surface area contributed by atoms with Crippen molar-refractivity contribution in [3.05, 3.63) is 65.2 Å². The summed E-state index contributed by atoms with van der Waals surface area (Å²) in [6, 6.07) is 17.3. The van der Waals surface area contributed by atoms with E-state index in [2.05, 4.69) is 24.3 Å². The first-order valence-electron chi connectivity index (χ1n) is 8.15. The Morgan fingerprint density at radius 3 is 2.75 bits per heavy atom. The smallest absolute Gasteiger partial charge is 0.260 e. The zero-order valence-corrected chi connectivity index (χ0v) is 13.7. The molecule has 1 aliphatic rings. The fraction of sp³-hybridized carbons (Fsp3) is 0.300. The molecule has 0 saturated carbocycles. The number of rotatable bonds is 4. The summed E-state index contributed by atoms with van der Waals surface area (Å²) in [6.07, 6.45) is 3.16. The number of fused-ring (bicyclic) bond motifs is 1. The highest BCUT2D eigenvalue weighted by Gasteiger charge is 2.26. The van der Waals surface area contributed by atoms with Crippen LogP contribution >= 0.6 is 0 Å². The third kappa shape index (κ3) is 3.41. The molecule has 122 valence electrons. The molecule has 24 heavy (non-hydrogen) atoms. The van der Waals surface area contributed by atoms with Crippen LogP contribution in [-0.2, 0) is 11.2 Å². The van der Waals surface area contributed by atoms with E-state index < -0.39 is 0 Å². The molecular formula is C20H20N2O2.